The van der Waals surface area contributed by atoms with Crippen molar-refractivity contribution in [3.05, 3.63) is 53.6 Å². The van der Waals surface area contributed by atoms with Gasteiger partial charge >= 0.3 is 0 Å². The van der Waals surface area contributed by atoms with E-state index in [1.807, 2.05) is 54.1 Å². The quantitative estimate of drug-likeness (QED) is 0.815. The molecule has 1 fully saturated rings. The number of imidazole rings is 1. The van der Waals surface area contributed by atoms with E-state index in [0.29, 0.717) is 19.6 Å². The highest BCUT2D eigenvalue weighted by Crippen LogP contribution is 2.19. The average Bonchev–Trinajstić information content (AvgIpc) is 3.06. The zero-order valence-corrected chi connectivity index (χ0v) is 16.4. The van der Waals surface area contributed by atoms with Gasteiger partial charge in [0.15, 0.2) is 0 Å². The summed E-state index contributed by atoms with van der Waals surface area (Å²) in [6.07, 6.45) is 5.36. The molecule has 27 heavy (non-hydrogen) atoms. The molecule has 1 aromatic heterocycles. The van der Waals surface area contributed by atoms with E-state index >= 15 is 0 Å². The van der Waals surface area contributed by atoms with E-state index in [1.165, 1.54) is 0 Å². The molecule has 0 saturated carbocycles. The monoisotopic (exact) mass is 368 g/mol. The van der Waals surface area contributed by atoms with Crippen LogP contribution in [0.3, 0.4) is 0 Å². The molecule has 1 aliphatic rings. The Labute approximate surface area is 160 Å². The summed E-state index contributed by atoms with van der Waals surface area (Å²) in [7, 11) is 0. The summed E-state index contributed by atoms with van der Waals surface area (Å²) in [6.45, 7) is 8.38. The van der Waals surface area contributed by atoms with Crippen molar-refractivity contribution in [2.75, 3.05) is 19.6 Å². The van der Waals surface area contributed by atoms with Crippen LogP contribution in [0.4, 0.5) is 0 Å². The Morgan fingerprint density at radius 1 is 1.22 bits per heavy atom. The van der Waals surface area contributed by atoms with Crippen LogP contribution in [0.1, 0.15) is 41.5 Å². The summed E-state index contributed by atoms with van der Waals surface area (Å²) < 4.78 is 2.06. The van der Waals surface area contributed by atoms with Crippen LogP contribution >= 0.6 is 0 Å². The number of rotatable bonds is 5. The Hall–Kier alpha value is -2.63. The number of aryl methyl sites for hydroxylation is 2. The van der Waals surface area contributed by atoms with Gasteiger partial charge in [0.1, 0.15) is 5.82 Å². The molecule has 6 heteroatoms. The number of carbonyl (C=O) groups excluding carboxylic acids is 2. The number of hydrogen-bond acceptors (Lipinski definition) is 3. The third-order valence-corrected chi connectivity index (χ3v) is 5.37. The predicted octanol–water partition coefficient (Wildman–Crippen LogP) is 2.65. The summed E-state index contributed by atoms with van der Waals surface area (Å²) in [5, 5.41) is 0. The Kier molecular flexibility index (Phi) is 5.94. The number of piperidine rings is 1. The minimum atomic E-state index is 0.0839. The van der Waals surface area contributed by atoms with Crippen molar-refractivity contribution in [3.8, 4) is 0 Å². The maximum absolute atomic E-state index is 12.7. The van der Waals surface area contributed by atoms with Gasteiger partial charge in [-0.15, -0.1) is 0 Å². The van der Waals surface area contributed by atoms with Crippen molar-refractivity contribution in [2.45, 2.75) is 46.2 Å². The molecule has 0 N–H and O–H groups in total. The van der Waals surface area contributed by atoms with Gasteiger partial charge in [0.05, 0.1) is 0 Å². The van der Waals surface area contributed by atoms with Crippen molar-refractivity contribution < 1.29 is 9.59 Å². The molecular weight excluding hydrogens is 340 g/mol. The highest BCUT2D eigenvalue weighted by Gasteiger charge is 2.28. The molecule has 0 atom stereocenters. The first-order valence-electron chi connectivity index (χ1n) is 9.56. The number of aromatic nitrogens is 2. The number of nitrogens with zero attached hydrogens (tertiary/aromatic N) is 4. The van der Waals surface area contributed by atoms with Crippen molar-refractivity contribution in [2.24, 2.45) is 0 Å². The molecule has 0 spiro atoms. The van der Waals surface area contributed by atoms with Crippen molar-refractivity contribution >= 4 is 11.8 Å². The first-order chi connectivity index (χ1) is 13.0. The van der Waals surface area contributed by atoms with Crippen LogP contribution in [-0.4, -0.2) is 56.8 Å². The maximum atomic E-state index is 12.7. The third-order valence-electron chi connectivity index (χ3n) is 5.37. The fourth-order valence-corrected chi connectivity index (χ4v) is 3.79. The van der Waals surface area contributed by atoms with E-state index in [0.717, 1.165) is 36.3 Å². The van der Waals surface area contributed by atoms with Gasteiger partial charge in [-0.1, -0.05) is 17.7 Å². The van der Waals surface area contributed by atoms with E-state index in [-0.39, 0.29) is 17.9 Å². The smallest absolute Gasteiger partial charge is 0.253 e. The SMILES string of the molecule is CC(=O)N(CCn1ccnc1C)C1CCN(C(=O)c2cccc(C)c2)CC1. The van der Waals surface area contributed by atoms with Gasteiger partial charge in [-0.2, -0.15) is 0 Å². The highest BCUT2D eigenvalue weighted by atomic mass is 16.2. The van der Waals surface area contributed by atoms with Crippen molar-refractivity contribution in [1.82, 2.24) is 19.4 Å². The zero-order chi connectivity index (χ0) is 19.4. The lowest BCUT2D eigenvalue weighted by atomic mass is 10.0. The minimum Gasteiger partial charge on any atom is -0.338 e. The van der Waals surface area contributed by atoms with Crippen molar-refractivity contribution in [3.63, 3.8) is 0 Å². The first-order valence-corrected chi connectivity index (χ1v) is 9.56. The van der Waals surface area contributed by atoms with E-state index in [1.54, 1.807) is 13.1 Å². The molecule has 2 aromatic rings. The Balaban J connectivity index is 1.58. The second-order valence-electron chi connectivity index (χ2n) is 7.27. The Bertz CT molecular complexity index is 806. The second-order valence-corrected chi connectivity index (χ2v) is 7.27. The van der Waals surface area contributed by atoms with E-state index in [9.17, 15) is 9.59 Å². The van der Waals surface area contributed by atoms with Gasteiger partial charge in [-0.3, -0.25) is 9.59 Å². The summed E-state index contributed by atoms with van der Waals surface area (Å²) >= 11 is 0. The molecule has 2 amide bonds. The number of amides is 2. The molecule has 0 unspecified atom stereocenters. The van der Waals surface area contributed by atoms with Gasteiger partial charge in [0, 0.05) is 57.1 Å². The van der Waals surface area contributed by atoms with Gasteiger partial charge in [-0.25, -0.2) is 4.98 Å². The van der Waals surface area contributed by atoms with Crippen LogP contribution in [0.15, 0.2) is 36.7 Å². The number of hydrogen-bond donors (Lipinski definition) is 0. The lowest BCUT2D eigenvalue weighted by molar-refractivity contribution is -0.132. The molecule has 3 rings (SSSR count). The molecule has 2 heterocycles. The molecule has 1 aliphatic heterocycles. The molecule has 1 aromatic carbocycles. The fraction of sp³-hybridized carbons (Fsp3) is 0.476. The van der Waals surface area contributed by atoms with Crippen LogP contribution < -0.4 is 0 Å². The van der Waals surface area contributed by atoms with Gasteiger partial charge in [-0.05, 0) is 38.8 Å². The summed E-state index contributed by atoms with van der Waals surface area (Å²) in [5.74, 6) is 1.13. The average molecular weight is 368 g/mol. The highest BCUT2D eigenvalue weighted by molar-refractivity contribution is 5.94. The fourth-order valence-electron chi connectivity index (χ4n) is 3.79. The minimum absolute atomic E-state index is 0.0839. The zero-order valence-electron chi connectivity index (χ0n) is 16.4. The van der Waals surface area contributed by atoms with E-state index in [4.69, 9.17) is 0 Å². The number of benzene rings is 1. The molecule has 0 aliphatic carbocycles. The Morgan fingerprint density at radius 3 is 2.56 bits per heavy atom. The van der Waals surface area contributed by atoms with Gasteiger partial charge in [0.2, 0.25) is 5.91 Å². The molecule has 0 bridgehead atoms. The van der Waals surface area contributed by atoms with Crippen molar-refractivity contribution in [1.29, 1.82) is 0 Å². The van der Waals surface area contributed by atoms with Gasteiger partial charge in [0.25, 0.3) is 5.91 Å². The predicted molar refractivity (Wildman–Crippen MR) is 104 cm³/mol. The van der Waals surface area contributed by atoms with E-state index < -0.39 is 0 Å². The van der Waals surface area contributed by atoms with Crippen LogP contribution in [0.25, 0.3) is 0 Å². The molecule has 6 nitrogen and oxygen atoms in total. The largest absolute Gasteiger partial charge is 0.338 e. The normalized spacial score (nSPS) is 15.0. The van der Waals surface area contributed by atoms with Gasteiger partial charge < -0.3 is 14.4 Å². The van der Waals surface area contributed by atoms with Crippen LogP contribution in [0.5, 0.6) is 0 Å². The lowest BCUT2D eigenvalue weighted by Gasteiger charge is -2.38. The number of likely N-dealkylation sites (tertiary alicyclic amines) is 1. The maximum Gasteiger partial charge on any atom is 0.253 e. The first kappa shape index (κ1) is 19.1. The standard InChI is InChI=1S/C21H28N4O2/c1-16-5-4-6-19(15-16)21(27)24-10-7-20(8-11-24)25(18(3)26)14-13-23-12-9-22-17(23)2/h4-6,9,12,15,20H,7-8,10-11,13-14H2,1-3H3. The number of carbonyl (C=O) groups is 2. The van der Waals surface area contributed by atoms with Crippen LogP contribution in [0.2, 0.25) is 0 Å². The summed E-state index contributed by atoms with van der Waals surface area (Å²) in [5.41, 5.74) is 1.83. The van der Waals surface area contributed by atoms with Crippen LogP contribution in [0, 0.1) is 13.8 Å². The molecule has 0 radical (unpaired) electrons. The Morgan fingerprint density at radius 2 is 1.96 bits per heavy atom. The van der Waals surface area contributed by atoms with Crippen LogP contribution in [-0.2, 0) is 11.3 Å². The molecular formula is C21H28N4O2. The van der Waals surface area contributed by atoms with E-state index in [2.05, 4.69) is 9.55 Å². The lowest BCUT2D eigenvalue weighted by Crippen LogP contribution is -2.49. The molecule has 1 saturated heterocycles. The second kappa shape index (κ2) is 8.37. The summed E-state index contributed by atoms with van der Waals surface area (Å²) in [4.78, 5) is 33.0. The molecule has 144 valence electrons. The topological polar surface area (TPSA) is 58.4 Å². The third kappa shape index (κ3) is 4.56. The summed E-state index contributed by atoms with van der Waals surface area (Å²) in [6, 6.07) is 7.91.